The van der Waals surface area contributed by atoms with Gasteiger partial charge in [0.05, 0.1) is 0 Å². The van der Waals surface area contributed by atoms with Crippen LogP contribution in [0.2, 0.25) is 5.02 Å². The van der Waals surface area contributed by atoms with Gasteiger partial charge in [0, 0.05) is 23.5 Å². The van der Waals surface area contributed by atoms with Crippen molar-refractivity contribution in [3.05, 3.63) is 34.9 Å². The monoisotopic (exact) mass is 382 g/mol. The number of piperidine rings is 1. The molecule has 1 aromatic rings. The highest BCUT2D eigenvalue weighted by atomic mass is 35.5. The van der Waals surface area contributed by atoms with E-state index in [0.29, 0.717) is 23.9 Å². The Morgan fingerprint density at radius 2 is 1.88 bits per heavy atom. The number of carbonyl (C=O) groups is 1. The fourth-order valence-corrected chi connectivity index (χ4v) is 4.98. The van der Waals surface area contributed by atoms with Gasteiger partial charge in [-0.05, 0) is 62.2 Å². The number of carbonyl (C=O) groups excluding carboxylic acids is 1. The maximum atomic E-state index is 13.3. The van der Waals surface area contributed by atoms with Crippen LogP contribution in [0.1, 0.15) is 50.5 Å². The van der Waals surface area contributed by atoms with Gasteiger partial charge in [0.1, 0.15) is 0 Å². The number of hydrogen-bond acceptors (Lipinski definition) is 2. The van der Waals surface area contributed by atoms with Crippen LogP contribution in [0.4, 0.5) is 0 Å². The number of halogens is 2. The molecule has 1 amide bonds. The predicted octanol–water partition coefficient (Wildman–Crippen LogP) is 4.42. The second kappa shape index (κ2) is 7.85. The topological polar surface area (TPSA) is 32.3 Å². The third-order valence-corrected chi connectivity index (χ3v) is 6.80. The summed E-state index contributed by atoms with van der Waals surface area (Å²) in [4.78, 5) is 15.5. The second-order valence-corrected chi connectivity index (χ2v) is 8.27. The van der Waals surface area contributed by atoms with Crippen LogP contribution < -0.4 is 5.32 Å². The van der Waals surface area contributed by atoms with E-state index in [0.717, 1.165) is 55.8 Å². The van der Waals surface area contributed by atoms with Gasteiger partial charge in [0.25, 0.3) is 0 Å². The first-order chi connectivity index (χ1) is 11.7. The first-order valence-corrected chi connectivity index (χ1v) is 9.82. The van der Waals surface area contributed by atoms with Crippen LogP contribution in [0.3, 0.4) is 0 Å². The van der Waals surface area contributed by atoms with Gasteiger partial charge in [0.15, 0.2) is 0 Å². The Morgan fingerprint density at radius 1 is 1.20 bits per heavy atom. The molecule has 1 aromatic carbocycles. The lowest BCUT2D eigenvalue weighted by atomic mass is 9.91. The Bertz CT molecular complexity index is 609. The maximum absolute atomic E-state index is 13.3. The summed E-state index contributed by atoms with van der Waals surface area (Å²) in [6, 6.07) is 8.38. The van der Waals surface area contributed by atoms with Crippen molar-refractivity contribution in [2.75, 3.05) is 13.1 Å². The van der Waals surface area contributed by atoms with Gasteiger partial charge >= 0.3 is 0 Å². The first-order valence-electron chi connectivity index (χ1n) is 9.44. The van der Waals surface area contributed by atoms with E-state index in [2.05, 4.69) is 16.3 Å². The summed E-state index contributed by atoms with van der Waals surface area (Å²) in [6.07, 6.45) is 8.21. The molecule has 0 aromatic heterocycles. The smallest absolute Gasteiger partial charge is 0.226 e. The van der Waals surface area contributed by atoms with Crippen LogP contribution in [-0.2, 0) is 11.3 Å². The summed E-state index contributed by atoms with van der Waals surface area (Å²) < 4.78 is 0. The molecular formula is C20H28Cl2N2O. The Kier molecular flexibility index (Phi) is 5.97. The third-order valence-electron chi connectivity index (χ3n) is 6.43. The third kappa shape index (κ3) is 3.84. The highest BCUT2D eigenvalue weighted by Gasteiger charge is 2.59. The zero-order chi connectivity index (χ0) is 16.6. The summed E-state index contributed by atoms with van der Waals surface area (Å²) in [6.45, 7) is 2.81. The zero-order valence-corrected chi connectivity index (χ0v) is 16.2. The summed E-state index contributed by atoms with van der Waals surface area (Å²) in [5.41, 5.74) is 1.39. The quantitative estimate of drug-likeness (QED) is 0.835. The van der Waals surface area contributed by atoms with E-state index in [4.69, 9.17) is 11.6 Å². The van der Waals surface area contributed by atoms with Gasteiger partial charge in [-0.2, -0.15) is 0 Å². The number of benzene rings is 1. The molecule has 1 N–H and O–H groups in total. The molecule has 1 aliphatic heterocycles. The summed E-state index contributed by atoms with van der Waals surface area (Å²) >= 11 is 6.37. The molecule has 138 valence electrons. The molecule has 2 saturated carbocycles. The molecule has 25 heavy (non-hydrogen) atoms. The number of nitrogens with zero attached hydrogens (tertiary/aromatic N) is 1. The Labute approximate surface area is 161 Å². The Hall–Kier alpha value is -0.770. The highest BCUT2D eigenvalue weighted by molar-refractivity contribution is 6.31. The van der Waals surface area contributed by atoms with Gasteiger partial charge < -0.3 is 10.2 Å². The molecule has 3 fully saturated rings. The largest absolute Gasteiger partial charge is 0.335 e. The number of nitrogens with one attached hydrogen (secondary N) is 1. The van der Waals surface area contributed by atoms with Gasteiger partial charge in [-0.3, -0.25) is 4.79 Å². The molecule has 0 bridgehead atoms. The van der Waals surface area contributed by atoms with E-state index in [-0.39, 0.29) is 18.3 Å². The van der Waals surface area contributed by atoms with Gasteiger partial charge in [0.2, 0.25) is 5.91 Å². The van der Waals surface area contributed by atoms with Crippen molar-refractivity contribution in [2.45, 2.75) is 57.5 Å². The van der Waals surface area contributed by atoms with E-state index in [1.54, 1.807) is 0 Å². The average Bonchev–Trinajstić information content (AvgIpc) is 3.04. The molecule has 3 nitrogen and oxygen atoms in total. The van der Waals surface area contributed by atoms with E-state index in [1.165, 1.54) is 12.8 Å². The number of rotatable bonds is 4. The molecule has 1 saturated heterocycles. The molecule has 2 aliphatic carbocycles. The van der Waals surface area contributed by atoms with Gasteiger partial charge in [-0.25, -0.2) is 0 Å². The minimum Gasteiger partial charge on any atom is -0.335 e. The lowest BCUT2D eigenvalue weighted by molar-refractivity contribution is -0.136. The van der Waals surface area contributed by atoms with E-state index >= 15 is 0 Å². The standard InChI is InChI=1S/C20H27ClN2O.ClH/c21-18-8-4-1-5-15(18)14-23(16-6-2-3-7-16)19(24)17-13-20(17)9-11-22-12-10-20;/h1,4-5,8,16-17,22H,2-3,6-7,9-14H2;1H. The molecule has 3 aliphatic rings. The predicted molar refractivity (Wildman–Crippen MR) is 104 cm³/mol. The van der Waals surface area contributed by atoms with Gasteiger partial charge in [-0.15, -0.1) is 12.4 Å². The summed E-state index contributed by atoms with van der Waals surface area (Å²) in [5, 5.41) is 4.21. The SMILES string of the molecule is Cl.O=C(C1CC12CCNCC2)N(Cc1ccccc1Cl)C1CCCC1. The first kappa shape index (κ1) is 19.0. The lowest BCUT2D eigenvalue weighted by Gasteiger charge is -2.31. The summed E-state index contributed by atoms with van der Waals surface area (Å²) in [5.74, 6) is 0.645. The average molecular weight is 383 g/mol. The number of hydrogen-bond donors (Lipinski definition) is 1. The highest BCUT2D eigenvalue weighted by Crippen LogP contribution is 2.59. The van der Waals surface area contributed by atoms with Crippen LogP contribution >= 0.6 is 24.0 Å². The lowest BCUT2D eigenvalue weighted by Crippen LogP contribution is -2.41. The van der Waals surface area contributed by atoms with E-state index < -0.39 is 0 Å². The molecule has 1 heterocycles. The van der Waals surface area contributed by atoms with Crippen molar-refractivity contribution in [2.24, 2.45) is 11.3 Å². The van der Waals surface area contributed by atoms with Gasteiger partial charge in [-0.1, -0.05) is 42.6 Å². The Balaban J connectivity index is 0.00000182. The van der Waals surface area contributed by atoms with Crippen LogP contribution in [0.25, 0.3) is 0 Å². The van der Waals surface area contributed by atoms with Crippen LogP contribution in [0.15, 0.2) is 24.3 Å². The van der Waals surface area contributed by atoms with Crippen LogP contribution in [-0.4, -0.2) is 29.9 Å². The zero-order valence-electron chi connectivity index (χ0n) is 14.7. The van der Waals surface area contributed by atoms with Crippen molar-refractivity contribution in [3.8, 4) is 0 Å². The van der Waals surface area contributed by atoms with Crippen molar-refractivity contribution < 1.29 is 4.79 Å². The minimum absolute atomic E-state index is 0. The molecule has 0 radical (unpaired) electrons. The van der Waals surface area contributed by atoms with E-state index in [1.807, 2.05) is 18.2 Å². The fourth-order valence-electron chi connectivity index (χ4n) is 4.79. The molecule has 1 spiro atoms. The number of amides is 1. The van der Waals surface area contributed by atoms with Crippen molar-refractivity contribution in [3.63, 3.8) is 0 Å². The van der Waals surface area contributed by atoms with E-state index in [9.17, 15) is 4.79 Å². The molecule has 1 atom stereocenters. The molecule has 4 rings (SSSR count). The molecule has 5 heteroatoms. The minimum atomic E-state index is 0. The summed E-state index contributed by atoms with van der Waals surface area (Å²) in [7, 11) is 0. The Morgan fingerprint density at radius 3 is 2.56 bits per heavy atom. The van der Waals surface area contributed by atoms with Crippen LogP contribution in [0, 0.1) is 11.3 Å². The van der Waals surface area contributed by atoms with Crippen molar-refractivity contribution in [1.29, 1.82) is 0 Å². The molecule has 1 unspecified atom stereocenters. The normalized spacial score (nSPS) is 24.8. The molecular weight excluding hydrogens is 355 g/mol. The van der Waals surface area contributed by atoms with Crippen molar-refractivity contribution in [1.82, 2.24) is 10.2 Å². The van der Waals surface area contributed by atoms with Crippen LogP contribution in [0.5, 0.6) is 0 Å². The van der Waals surface area contributed by atoms with Crippen molar-refractivity contribution >= 4 is 29.9 Å². The second-order valence-electron chi connectivity index (χ2n) is 7.86. The fraction of sp³-hybridized carbons (Fsp3) is 0.650. The maximum Gasteiger partial charge on any atom is 0.226 e.